The number of aliphatic hydroxyl groups excluding tert-OH is 1. The van der Waals surface area contributed by atoms with Gasteiger partial charge in [0.15, 0.2) is 0 Å². The topological polar surface area (TPSA) is 47.3 Å². The molecule has 0 saturated carbocycles. The van der Waals surface area contributed by atoms with E-state index in [0.717, 1.165) is 38.8 Å². The maximum absolute atomic E-state index is 8.57. The molecule has 0 atom stereocenters. The molecule has 0 fully saturated rings. The second kappa shape index (κ2) is 9.50. The summed E-state index contributed by atoms with van der Waals surface area (Å²) in [5.74, 6) is 0. The van der Waals surface area contributed by atoms with Crippen molar-refractivity contribution >= 4 is 0 Å². The normalized spacial score (nSPS) is 10.3. The molecule has 3 nitrogen and oxygen atoms in total. The number of hydrogen-bond donors (Lipinski definition) is 1. The van der Waals surface area contributed by atoms with Crippen molar-refractivity contribution in [1.29, 1.82) is 5.26 Å². The van der Waals surface area contributed by atoms with Crippen LogP contribution in [0.25, 0.3) is 0 Å². The second-order valence-corrected chi connectivity index (χ2v) is 3.22. The van der Waals surface area contributed by atoms with Gasteiger partial charge < -0.3 is 5.11 Å². The lowest BCUT2D eigenvalue weighted by Crippen LogP contribution is -2.26. The molecule has 0 bridgehead atoms. The van der Waals surface area contributed by atoms with Gasteiger partial charge in [-0.05, 0) is 38.8 Å². The number of hydrogen-bond acceptors (Lipinski definition) is 3. The molecule has 1 N–H and O–H groups in total. The molecule has 0 aliphatic rings. The molecule has 3 heteroatoms. The van der Waals surface area contributed by atoms with Gasteiger partial charge in [0.25, 0.3) is 0 Å². The zero-order valence-corrected chi connectivity index (χ0v) is 8.50. The van der Waals surface area contributed by atoms with Crippen molar-refractivity contribution in [1.82, 2.24) is 4.90 Å². The largest absolute Gasteiger partial charge is 0.396 e. The van der Waals surface area contributed by atoms with Gasteiger partial charge in [-0.25, -0.2) is 0 Å². The summed E-state index contributed by atoms with van der Waals surface area (Å²) in [6, 6.07) is 2.17. The molecule has 13 heavy (non-hydrogen) atoms. The fraction of sp³-hybridized carbons (Fsp3) is 0.900. The third-order valence-corrected chi connectivity index (χ3v) is 1.97. The van der Waals surface area contributed by atoms with Crippen LogP contribution in [0, 0.1) is 11.3 Å². The van der Waals surface area contributed by atoms with Gasteiger partial charge in [0.05, 0.1) is 12.6 Å². The highest BCUT2D eigenvalue weighted by atomic mass is 16.2. The summed E-state index contributed by atoms with van der Waals surface area (Å²) in [5, 5.41) is 17.1. The Balaban J connectivity index is 3.40. The average Bonchev–Trinajstić information content (AvgIpc) is 2.13. The molecule has 0 radical (unpaired) electrons. The van der Waals surface area contributed by atoms with Crippen molar-refractivity contribution in [2.45, 2.75) is 32.6 Å². The van der Waals surface area contributed by atoms with Crippen molar-refractivity contribution in [3.63, 3.8) is 0 Å². The van der Waals surface area contributed by atoms with Gasteiger partial charge in [-0.1, -0.05) is 6.92 Å². The van der Waals surface area contributed by atoms with E-state index in [9.17, 15) is 0 Å². The molecule has 0 spiro atoms. The Bertz CT molecular complexity index is 142. The predicted octanol–water partition coefficient (Wildman–Crippen LogP) is 1.38. The maximum atomic E-state index is 8.57. The van der Waals surface area contributed by atoms with E-state index < -0.39 is 0 Å². The van der Waals surface area contributed by atoms with Crippen molar-refractivity contribution < 1.29 is 5.11 Å². The minimum absolute atomic E-state index is 0.284. The van der Waals surface area contributed by atoms with E-state index in [0.29, 0.717) is 6.54 Å². The van der Waals surface area contributed by atoms with E-state index in [1.54, 1.807) is 0 Å². The summed E-state index contributed by atoms with van der Waals surface area (Å²) < 4.78 is 0. The van der Waals surface area contributed by atoms with Crippen LogP contribution in [-0.4, -0.2) is 36.2 Å². The lowest BCUT2D eigenvalue weighted by atomic mass is 10.2. The van der Waals surface area contributed by atoms with E-state index >= 15 is 0 Å². The highest BCUT2D eigenvalue weighted by molar-refractivity contribution is 4.75. The SMILES string of the molecule is CCCN(CC#N)CCCCCO. The van der Waals surface area contributed by atoms with Crippen LogP contribution in [0.3, 0.4) is 0 Å². The van der Waals surface area contributed by atoms with E-state index in [-0.39, 0.29) is 6.61 Å². The molecular weight excluding hydrogens is 164 g/mol. The summed E-state index contributed by atoms with van der Waals surface area (Å²) in [5.41, 5.74) is 0. The van der Waals surface area contributed by atoms with Crippen LogP contribution in [0.4, 0.5) is 0 Å². The molecule has 0 rings (SSSR count). The van der Waals surface area contributed by atoms with Gasteiger partial charge in [-0.3, -0.25) is 4.90 Å². The van der Waals surface area contributed by atoms with Crippen molar-refractivity contribution in [3.8, 4) is 6.07 Å². The molecule has 0 amide bonds. The van der Waals surface area contributed by atoms with Crippen LogP contribution >= 0.6 is 0 Å². The second-order valence-electron chi connectivity index (χ2n) is 3.22. The molecule has 0 unspecified atom stereocenters. The molecule has 0 aliphatic heterocycles. The number of nitrogens with zero attached hydrogens (tertiary/aromatic N) is 2. The highest BCUT2D eigenvalue weighted by Crippen LogP contribution is 1.98. The zero-order valence-electron chi connectivity index (χ0n) is 8.50. The summed E-state index contributed by atoms with van der Waals surface area (Å²) in [6.07, 6.45) is 4.12. The Morgan fingerprint density at radius 1 is 1.23 bits per heavy atom. The smallest absolute Gasteiger partial charge is 0.0865 e. The monoisotopic (exact) mass is 184 g/mol. The van der Waals surface area contributed by atoms with E-state index in [4.69, 9.17) is 10.4 Å². The Morgan fingerprint density at radius 2 is 2.00 bits per heavy atom. The third kappa shape index (κ3) is 7.76. The highest BCUT2D eigenvalue weighted by Gasteiger charge is 2.01. The predicted molar refractivity (Wildman–Crippen MR) is 53.3 cm³/mol. The van der Waals surface area contributed by atoms with Crippen LogP contribution in [-0.2, 0) is 0 Å². The summed E-state index contributed by atoms with van der Waals surface area (Å²) in [7, 11) is 0. The molecular formula is C10H20N2O. The third-order valence-electron chi connectivity index (χ3n) is 1.97. The number of rotatable bonds is 8. The van der Waals surface area contributed by atoms with Crippen molar-refractivity contribution in [2.75, 3.05) is 26.2 Å². The molecule has 0 aromatic heterocycles. The first kappa shape index (κ1) is 12.4. The number of unbranched alkanes of at least 4 members (excludes halogenated alkanes) is 2. The fourth-order valence-electron chi connectivity index (χ4n) is 1.31. The Kier molecular flexibility index (Phi) is 9.07. The Morgan fingerprint density at radius 3 is 2.54 bits per heavy atom. The first-order valence-corrected chi connectivity index (χ1v) is 5.05. The van der Waals surface area contributed by atoms with E-state index in [1.807, 2.05) is 0 Å². The van der Waals surface area contributed by atoms with Gasteiger partial charge in [0, 0.05) is 6.61 Å². The summed E-state index contributed by atoms with van der Waals surface area (Å²) in [4.78, 5) is 2.16. The Hall–Kier alpha value is -0.590. The van der Waals surface area contributed by atoms with Gasteiger partial charge in [-0.2, -0.15) is 5.26 Å². The number of nitriles is 1. The van der Waals surface area contributed by atoms with Crippen LogP contribution in [0.2, 0.25) is 0 Å². The minimum atomic E-state index is 0.284. The van der Waals surface area contributed by atoms with E-state index in [2.05, 4.69) is 17.9 Å². The first-order valence-electron chi connectivity index (χ1n) is 5.05. The number of aliphatic hydroxyl groups is 1. The first-order chi connectivity index (χ1) is 6.35. The van der Waals surface area contributed by atoms with Crippen molar-refractivity contribution in [3.05, 3.63) is 0 Å². The minimum Gasteiger partial charge on any atom is -0.396 e. The lowest BCUT2D eigenvalue weighted by molar-refractivity contribution is 0.266. The molecule has 76 valence electrons. The quantitative estimate of drug-likeness (QED) is 0.458. The zero-order chi connectivity index (χ0) is 9.94. The summed E-state index contributed by atoms with van der Waals surface area (Å²) >= 11 is 0. The van der Waals surface area contributed by atoms with Crippen LogP contribution in [0.1, 0.15) is 32.6 Å². The Labute approximate surface area is 81.0 Å². The van der Waals surface area contributed by atoms with Crippen LogP contribution in [0.5, 0.6) is 0 Å². The average molecular weight is 184 g/mol. The molecule has 0 saturated heterocycles. The fourth-order valence-corrected chi connectivity index (χ4v) is 1.31. The van der Waals surface area contributed by atoms with Crippen LogP contribution < -0.4 is 0 Å². The summed E-state index contributed by atoms with van der Waals surface area (Å²) in [6.45, 7) is 4.94. The van der Waals surface area contributed by atoms with Gasteiger partial charge in [0.1, 0.15) is 0 Å². The molecule has 0 heterocycles. The van der Waals surface area contributed by atoms with Gasteiger partial charge in [0.2, 0.25) is 0 Å². The lowest BCUT2D eigenvalue weighted by Gasteiger charge is -2.17. The van der Waals surface area contributed by atoms with Crippen molar-refractivity contribution in [2.24, 2.45) is 0 Å². The van der Waals surface area contributed by atoms with Gasteiger partial charge >= 0.3 is 0 Å². The molecule has 0 aromatic carbocycles. The maximum Gasteiger partial charge on any atom is 0.0865 e. The standard InChI is InChI=1S/C10H20N2O/c1-2-7-12(9-6-11)8-4-3-5-10-13/h13H,2-5,7-10H2,1H3. The molecule has 0 aromatic rings. The van der Waals surface area contributed by atoms with Crippen LogP contribution in [0.15, 0.2) is 0 Å². The molecule has 0 aliphatic carbocycles. The van der Waals surface area contributed by atoms with E-state index in [1.165, 1.54) is 0 Å². The van der Waals surface area contributed by atoms with Gasteiger partial charge in [-0.15, -0.1) is 0 Å².